The highest BCUT2D eigenvalue weighted by Crippen LogP contribution is 2.23. The molecule has 4 rings (SSSR count). The molecule has 31 heavy (non-hydrogen) atoms. The minimum Gasteiger partial charge on any atom is -0.337 e. The highest BCUT2D eigenvalue weighted by molar-refractivity contribution is 7.99. The van der Waals surface area contributed by atoms with E-state index in [1.807, 2.05) is 17.8 Å². The van der Waals surface area contributed by atoms with Crippen molar-refractivity contribution in [2.24, 2.45) is 0 Å². The van der Waals surface area contributed by atoms with Gasteiger partial charge in [0.05, 0.1) is 0 Å². The zero-order valence-corrected chi connectivity index (χ0v) is 18.7. The molecule has 3 nitrogen and oxygen atoms in total. The lowest BCUT2D eigenvalue weighted by Crippen LogP contribution is -2.44. The van der Waals surface area contributed by atoms with Gasteiger partial charge in [0.2, 0.25) is 5.91 Å². The lowest BCUT2D eigenvalue weighted by atomic mass is 10.1. The summed E-state index contributed by atoms with van der Waals surface area (Å²) in [6, 6.07) is 31.8. The molecule has 0 bridgehead atoms. The maximum absolute atomic E-state index is 13.1. The SMILES string of the molecule is O=C1CCN(Cc2ccccc2)CCN1[C@H](CSc1ccccc1)Cc1ccccc1. The molecule has 1 amide bonds. The summed E-state index contributed by atoms with van der Waals surface area (Å²) in [6.45, 7) is 3.44. The summed E-state index contributed by atoms with van der Waals surface area (Å²) in [5.74, 6) is 1.19. The minimum absolute atomic E-state index is 0.191. The summed E-state index contributed by atoms with van der Waals surface area (Å²) in [6.07, 6.45) is 1.49. The van der Waals surface area contributed by atoms with Crippen LogP contribution in [0, 0.1) is 0 Å². The fourth-order valence-electron chi connectivity index (χ4n) is 4.12. The van der Waals surface area contributed by atoms with E-state index >= 15 is 0 Å². The number of nitrogens with zero attached hydrogens (tertiary/aromatic N) is 2. The molecule has 0 N–H and O–H groups in total. The Labute approximate surface area is 190 Å². The second kappa shape index (κ2) is 11.2. The van der Waals surface area contributed by atoms with Crippen LogP contribution in [0.3, 0.4) is 0 Å². The standard InChI is InChI=1S/C27H30N2OS/c30-27-16-17-28(21-24-12-6-2-7-13-24)18-19-29(27)25(20-23-10-4-1-5-11-23)22-31-26-14-8-3-9-15-26/h1-15,25H,16-22H2/t25-/m0/s1. The van der Waals surface area contributed by atoms with Gasteiger partial charge < -0.3 is 4.90 Å². The van der Waals surface area contributed by atoms with Crippen LogP contribution >= 0.6 is 11.8 Å². The first-order valence-corrected chi connectivity index (χ1v) is 12.0. The zero-order valence-electron chi connectivity index (χ0n) is 17.9. The molecule has 1 aliphatic rings. The van der Waals surface area contributed by atoms with E-state index in [0.29, 0.717) is 6.42 Å². The van der Waals surface area contributed by atoms with Crippen LogP contribution in [0.2, 0.25) is 0 Å². The Balaban J connectivity index is 1.45. The van der Waals surface area contributed by atoms with Crippen molar-refractivity contribution in [3.63, 3.8) is 0 Å². The average molecular weight is 431 g/mol. The lowest BCUT2D eigenvalue weighted by molar-refractivity contribution is -0.132. The zero-order chi connectivity index (χ0) is 21.3. The molecule has 1 heterocycles. The van der Waals surface area contributed by atoms with E-state index < -0.39 is 0 Å². The fraction of sp³-hybridized carbons (Fsp3) is 0.296. The van der Waals surface area contributed by atoms with Gasteiger partial charge in [-0.25, -0.2) is 0 Å². The molecule has 1 saturated heterocycles. The van der Waals surface area contributed by atoms with Crippen molar-refractivity contribution in [1.82, 2.24) is 9.80 Å². The number of carbonyl (C=O) groups excluding carboxylic acids is 1. The quantitative estimate of drug-likeness (QED) is 0.463. The number of hydrogen-bond acceptors (Lipinski definition) is 3. The molecule has 0 unspecified atom stereocenters. The second-order valence-corrected chi connectivity index (χ2v) is 9.16. The Morgan fingerprint density at radius 2 is 1.35 bits per heavy atom. The summed E-state index contributed by atoms with van der Waals surface area (Å²) >= 11 is 1.85. The van der Waals surface area contributed by atoms with E-state index in [1.165, 1.54) is 16.0 Å². The van der Waals surface area contributed by atoms with Crippen LogP contribution in [0.4, 0.5) is 0 Å². The molecule has 3 aromatic carbocycles. The topological polar surface area (TPSA) is 23.6 Å². The number of benzene rings is 3. The molecule has 1 aliphatic heterocycles. The average Bonchev–Trinajstić information content (AvgIpc) is 3.00. The van der Waals surface area contributed by atoms with Gasteiger partial charge in [0.1, 0.15) is 0 Å². The molecule has 0 saturated carbocycles. The Bertz CT molecular complexity index is 933. The second-order valence-electron chi connectivity index (χ2n) is 8.07. The van der Waals surface area contributed by atoms with Gasteiger partial charge >= 0.3 is 0 Å². The molecular formula is C27H30N2OS. The fourth-order valence-corrected chi connectivity index (χ4v) is 5.16. The van der Waals surface area contributed by atoms with E-state index in [4.69, 9.17) is 0 Å². The predicted molar refractivity (Wildman–Crippen MR) is 129 cm³/mol. The molecule has 0 spiro atoms. The molecule has 1 atom stereocenters. The summed E-state index contributed by atoms with van der Waals surface area (Å²) in [7, 11) is 0. The smallest absolute Gasteiger partial charge is 0.224 e. The third kappa shape index (κ3) is 6.46. The van der Waals surface area contributed by atoms with Crippen molar-refractivity contribution in [3.8, 4) is 0 Å². The monoisotopic (exact) mass is 430 g/mol. The van der Waals surface area contributed by atoms with Gasteiger partial charge in [-0.05, 0) is 29.7 Å². The lowest BCUT2D eigenvalue weighted by Gasteiger charge is -2.31. The van der Waals surface area contributed by atoms with Crippen LogP contribution in [0.1, 0.15) is 17.5 Å². The van der Waals surface area contributed by atoms with Gasteiger partial charge in [-0.15, -0.1) is 11.8 Å². The van der Waals surface area contributed by atoms with Gasteiger partial charge in [-0.3, -0.25) is 9.69 Å². The highest BCUT2D eigenvalue weighted by Gasteiger charge is 2.27. The van der Waals surface area contributed by atoms with Gasteiger partial charge in [-0.1, -0.05) is 78.9 Å². The molecule has 160 valence electrons. The first-order chi connectivity index (χ1) is 15.3. The van der Waals surface area contributed by atoms with E-state index in [2.05, 4.69) is 94.7 Å². The van der Waals surface area contributed by atoms with E-state index in [0.717, 1.165) is 38.4 Å². The molecule has 0 aromatic heterocycles. The van der Waals surface area contributed by atoms with Gasteiger partial charge in [0.15, 0.2) is 0 Å². The van der Waals surface area contributed by atoms with Crippen LogP contribution in [0.25, 0.3) is 0 Å². The third-order valence-electron chi connectivity index (χ3n) is 5.81. The van der Waals surface area contributed by atoms with Crippen molar-refractivity contribution in [1.29, 1.82) is 0 Å². The number of amides is 1. The van der Waals surface area contributed by atoms with Crippen LogP contribution in [0.15, 0.2) is 95.9 Å². The maximum atomic E-state index is 13.1. The summed E-state index contributed by atoms with van der Waals surface area (Å²) < 4.78 is 0. The van der Waals surface area contributed by atoms with Crippen molar-refractivity contribution in [2.45, 2.75) is 30.3 Å². The first kappa shape index (κ1) is 21.7. The Morgan fingerprint density at radius 3 is 2.03 bits per heavy atom. The van der Waals surface area contributed by atoms with Gasteiger partial charge in [0.25, 0.3) is 0 Å². The molecule has 4 heteroatoms. The minimum atomic E-state index is 0.191. The number of rotatable bonds is 8. The summed E-state index contributed by atoms with van der Waals surface area (Å²) in [5, 5.41) is 0. The Hall–Kier alpha value is -2.56. The molecular weight excluding hydrogens is 400 g/mol. The Morgan fingerprint density at radius 1 is 0.742 bits per heavy atom. The van der Waals surface area contributed by atoms with Crippen molar-refractivity contribution in [3.05, 3.63) is 102 Å². The van der Waals surface area contributed by atoms with Crippen molar-refractivity contribution < 1.29 is 4.79 Å². The van der Waals surface area contributed by atoms with E-state index in [-0.39, 0.29) is 11.9 Å². The van der Waals surface area contributed by atoms with Crippen molar-refractivity contribution >= 4 is 17.7 Å². The molecule has 3 aromatic rings. The van der Waals surface area contributed by atoms with Crippen LogP contribution in [-0.2, 0) is 17.8 Å². The van der Waals surface area contributed by atoms with Crippen LogP contribution in [0.5, 0.6) is 0 Å². The maximum Gasteiger partial charge on any atom is 0.224 e. The number of thioether (sulfide) groups is 1. The van der Waals surface area contributed by atoms with E-state index in [9.17, 15) is 4.79 Å². The Kier molecular flexibility index (Phi) is 7.81. The van der Waals surface area contributed by atoms with Crippen molar-refractivity contribution in [2.75, 3.05) is 25.4 Å². The first-order valence-electron chi connectivity index (χ1n) is 11.1. The molecule has 1 fully saturated rings. The highest BCUT2D eigenvalue weighted by atomic mass is 32.2. The van der Waals surface area contributed by atoms with Gasteiger partial charge in [0, 0.05) is 49.3 Å². The van der Waals surface area contributed by atoms with Crippen LogP contribution < -0.4 is 0 Å². The predicted octanol–water partition coefficient (Wildman–Crippen LogP) is 5.12. The third-order valence-corrected chi connectivity index (χ3v) is 6.97. The molecule has 0 radical (unpaired) electrons. The number of hydrogen-bond donors (Lipinski definition) is 0. The summed E-state index contributed by atoms with van der Waals surface area (Å²) in [4.78, 5) is 19.0. The molecule has 0 aliphatic carbocycles. The normalized spacial score (nSPS) is 16.1. The summed E-state index contributed by atoms with van der Waals surface area (Å²) in [5.41, 5.74) is 2.60. The van der Waals surface area contributed by atoms with Gasteiger partial charge in [-0.2, -0.15) is 0 Å². The largest absolute Gasteiger partial charge is 0.337 e. The van der Waals surface area contributed by atoms with E-state index in [1.54, 1.807) is 0 Å². The number of carbonyl (C=O) groups is 1. The van der Waals surface area contributed by atoms with Crippen LogP contribution in [-0.4, -0.2) is 47.1 Å².